The molecule has 0 spiro atoms. The highest BCUT2D eigenvalue weighted by molar-refractivity contribution is 6.31. The Morgan fingerprint density at radius 3 is 2.78 bits per heavy atom. The molecule has 3 rings (SSSR count). The molecule has 116 valence electrons. The average molecular weight is 330 g/mol. The number of anilines is 2. The van der Waals surface area contributed by atoms with Crippen LogP contribution >= 0.6 is 11.6 Å². The van der Waals surface area contributed by atoms with Gasteiger partial charge in [0.25, 0.3) is 5.91 Å². The molecule has 1 aromatic carbocycles. The van der Waals surface area contributed by atoms with Crippen LogP contribution in [0.2, 0.25) is 5.02 Å². The third-order valence-electron chi connectivity index (χ3n) is 3.01. The van der Waals surface area contributed by atoms with Crippen molar-refractivity contribution in [2.75, 3.05) is 10.6 Å². The molecule has 0 fully saturated rings. The predicted octanol–water partition coefficient (Wildman–Crippen LogP) is 2.59. The van der Waals surface area contributed by atoms with Gasteiger partial charge in [0, 0.05) is 30.5 Å². The maximum atomic E-state index is 12.3. The van der Waals surface area contributed by atoms with Crippen LogP contribution in [-0.2, 0) is 4.79 Å². The zero-order chi connectivity index (χ0) is 16.4. The van der Waals surface area contributed by atoms with Crippen LogP contribution in [-0.4, -0.2) is 26.2 Å². The van der Waals surface area contributed by atoms with Gasteiger partial charge < -0.3 is 10.6 Å². The molecule has 0 aliphatic heterocycles. The summed E-state index contributed by atoms with van der Waals surface area (Å²) in [6, 6.07) is 6.53. The molecule has 2 amide bonds. The fourth-order valence-corrected chi connectivity index (χ4v) is 2.22. The molecule has 0 bridgehead atoms. The van der Waals surface area contributed by atoms with Gasteiger partial charge in [0.2, 0.25) is 11.7 Å². The van der Waals surface area contributed by atoms with Crippen LogP contribution in [0.4, 0.5) is 11.4 Å². The van der Waals surface area contributed by atoms with Crippen molar-refractivity contribution in [1.82, 2.24) is 14.4 Å². The molecule has 0 atom stereocenters. The lowest BCUT2D eigenvalue weighted by Gasteiger charge is -2.11. The number of halogens is 1. The molecule has 0 saturated heterocycles. The highest BCUT2D eigenvalue weighted by atomic mass is 35.5. The number of nitrogens with zero attached hydrogens (tertiary/aromatic N) is 3. The number of carbonyl (C=O) groups excluding carboxylic acids is 2. The molecule has 7 nitrogen and oxygen atoms in total. The summed E-state index contributed by atoms with van der Waals surface area (Å²) in [6.07, 6.45) is 4.92. The lowest BCUT2D eigenvalue weighted by molar-refractivity contribution is -0.114. The molecule has 0 aliphatic rings. The summed E-state index contributed by atoms with van der Waals surface area (Å²) < 4.78 is 1.64. The van der Waals surface area contributed by atoms with Crippen molar-refractivity contribution >= 4 is 40.6 Å². The maximum absolute atomic E-state index is 12.3. The van der Waals surface area contributed by atoms with Crippen molar-refractivity contribution < 1.29 is 9.59 Å². The Hall–Kier alpha value is -2.93. The quantitative estimate of drug-likeness (QED) is 0.773. The van der Waals surface area contributed by atoms with Crippen molar-refractivity contribution in [1.29, 1.82) is 0 Å². The Bertz CT molecular complexity index is 873. The Kier molecular flexibility index (Phi) is 3.94. The molecule has 0 unspecified atom stereocenters. The van der Waals surface area contributed by atoms with Gasteiger partial charge in [-0.25, -0.2) is 9.97 Å². The van der Waals surface area contributed by atoms with Crippen molar-refractivity contribution in [2.45, 2.75) is 6.92 Å². The first kappa shape index (κ1) is 15.0. The van der Waals surface area contributed by atoms with Gasteiger partial charge >= 0.3 is 0 Å². The molecule has 0 saturated carbocycles. The number of rotatable bonds is 3. The predicted molar refractivity (Wildman–Crippen MR) is 86.7 cm³/mol. The molecule has 3 aromatic rings. The van der Waals surface area contributed by atoms with Crippen molar-refractivity contribution in [3.8, 4) is 0 Å². The van der Waals surface area contributed by atoms with Crippen LogP contribution in [0.1, 0.15) is 17.4 Å². The topological polar surface area (TPSA) is 88.4 Å². The largest absolute Gasteiger partial charge is 0.324 e. The summed E-state index contributed by atoms with van der Waals surface area (Å²) >= 11 is 5.92. The smallest absolute Gasteiger partial charge is 0.276 e. The lowest BCUT2D eigenvalue weighted by Crippen LogP contribution is -2.15. The molecular weight excluding hydrogens is 318 g/mol. The van der Waals surface area contributed by atoms with Gasteiger partial charge in [-0.05, 0) is 24.3 Å². The second-order valence-electron chi connectivity index (χ2n) is 4.78. The Balaban J connectivity index is 1.88. The first-order chi connectivity index (χ1) is 11.0. The summed E-state index contributed by atoms with van der Waals surface area (Å²) in [4.78, 5) is 31.8. The van der Waals surface area contributed by atoms with Crippen LogP contribution < -0.4 is 10.6 Å². The van der Waals surface area contributed by atoms with Crippen molar-refractivity contribution in [3.05, 3.63) is 53.6 Å². The van der Waals surface area contributed by atoms with E-state index in [-0.39, 0.29) is 11.6 Å². The van der Waals surface area contributed by atoms with E-state index in [1.165, 1.54) is 6.92 Å². The Morgan fingerprint density at radius 2 is 2.04 bits per heavy atom. The van der Waals surface area contributed by atoms with Crippen molar-refractivity contribution in [2.24, 2.45) is 0 Å². The molecule has 2 N–H and O–H groups in total. The Labute approximate surface area is 136 Å². The SMILES string of the molecule is CC(=O)Nc1cc(Cl)ccc1NC(=O)c1cn2cccnc2n1. The summed E-state index contributed by atoms with van der Waals surface area (Å²) in [6.45, 7) is 1.38. The lowest BCUT2D eigenvalue weighted by atomic mass is 10.2. The monoisotopic (exact) mass is 329 g/mol. The summed E-state index contributed by atoms with van der Waals surface area (Å²) in [7, 11) is 0. The normalized spacial score (nSPS) is 10.5. The van der Waals surface area contributed by atoms with Gasteiger partial charge in [-0.2, -0.15) is 0 Å². The zero-order valence-electron chi connectivity index (χ0n) is 12.1. The maximum Gasteiger partial charge on any atom is 0.276 e. The van der Waals surface area contributed by atoms with Gasteiger partial charge in [0.15, 0.2) is 0 Å². The minimum absolute atomic E-state index is 0.215. The molecular formula is C15H12ClN5O2. The number of hydrogen-bond acceptors (Lipinski definition) is 4. The number of nitrogens with one attached hydrogen (secondary N) is 2. The summed E-state index contributed by atoms with van der Waals surface area (Å²) in [5.74, 6) is -0.250. The third-order valence-corrected chi connectivity index (χ3v) is 3.24. The first-order valence-electron chi connectivity index (χ1n) is 6.71. The van der Waals surface area contributed by atoms with Crippen LogP contribution in [0.25, 0.3) is 5.78 Å². The number of imidazole rings is 1. The van der Waals surface area contributed by atoms with Crippen LogP contribution in [0.3, 0.4) is 0 Å². The van der Waals surface area contributed by atoms with Gasteiger partial charge in [-0.15, -0.1) is 0 Å². The van der Waals surface area contributed by atoms with Crippen LogP contribution in [0, 0.1) is 0 Å². The van der Waals surface area contributed by atoms with E-state index in [1.807, 2.05) is 0 Å². The van der Waals surface area contributed by atoms with E-state index in [1.54, 1.807) is 47.3 Å². The van der Waals surface area contributed by atoms with Gasteiger partial charge in [0.05, 0.1) is 11.4 Å². The number of benzene rings is 1. The van der Waals surface area contributed by atoms with Crippen LogP contribution in [0.5, 0.6) is 0 Å². The minimum atomic E-state index is -0.413. The number of amides is 2. The first-order valence-corrected chi connectivity index (χ1v) is 7.09. The standard InChI is InChI=1S/C15H12ClN5O2/c1-9(22)18-12-7-10(16)3-4-11(12)19-14(23)13-8-21-6-2-5-17-15(21)20-13/h2-8H,1H3,(H,18,22)(H,19,23). The molecule has 0 radical (unpaired) electrons. The molecule has 23 heavy (non-hydrogen) atoms. The molecule has 8 heteroatoms. The molecule has 0 aliphatic carbocycles. The molecule has 2 aromatic heterocycles. The Morgan fingerprint density at radius 1 is 1.22 bits per heavy atom. The van der Waals surface area contributed by atoms with E-state index in [0.29, 0.717) is 22.2 Å². The fourth-order valence-electron chi connectivity index (χ4n) is 2.04. The molecule has 2 heterocycles. The second-order valence-corrected chi connectivity index (χ2v) is 5.21. The van der Waals surface area contributed by atoms with E-state index in [2.05, 4.69) is 20.6 Å². The van der Waals surface area contributed by atoms with Crippen LogP contribution in [0.15, 0.2) is 42.9 Å². The highest BCUT2D eigenvalue weighted by Gasteiger charge is 2.14. The summed E-state index contributed by atoms with van der Waals surface area (Å²) in [5, 5.41) is 5.77. The van der Waals surface area contributed by atoms with Gasteiger partial charge in [-0.3, -0.25) is 14.0 Å². The number of aromatic nitrogens is 3. The van der Waals surface area contributed by atoms with Gasteiger partial charge in [0.1, 0.15) is 5.69 Å². The second kappa shape index (κ2) is 6.05. The average Bonchev–Trinajstić information content (AvgIpc) is 2.93. The number of carbonyl (C=O) groups is 2. The minimum Gasteiger partial charge on any atom is -0.324 e. The van der Waals surface area contributed by atoms with E-state index in [0.717, 1.165) is 0 Å². The number of hydrogen-bond donors (Lipinski definition) is 2. The fraction of sp³-hybridized carbons (Fsp3) is 0.0667. The highest BCUT2D eigenvalue weighted by Crippen LogP contribution is 2.26. The van der Waals surface area contributed by atoms with Gasteiger partial charge in [-0.1, -0.05) is 11.6 Å². The third kappa shape index (κ3) is 3.29. The van der Waals surface area contributed by atoms with E-state index in [4.69, 9.17) is 11.6 Å². The summed E-state index contributed by atoms with van der Waals surface area (Å²) in [5.41, 5.74) is 1.06. The zero-order valence-corrected chi connectivity index (χ0v) is 12.8. The number of fused-ring (bicyclic) bond motifs is 1. The van der Waals surface area contributed by atoms with E-state index >= 15 is 0 Å². The van der Waals surface area contributed by atoms with E-state index in [9.17, 15) is 9.59 Å². The van der Waals surface area contributed by atoms with E-state index < -0.39 is 5.91 Å². The van der Waals surface area contributed by atoms with Crippen molar-refractivity contribution in [3.63, 3.8) is 0 Å².